The highest BCUT2D eigenvalue weighted by Crippen LogP contribution is 2.24. The lowest BCUT2D eigenvalue weighted by atomic mass is 9.86. The molecule has 0 bridgehead atoms. The van der Waals surface area contributed by atoms with Gasteiger partial charge in [0.15, 0.2) is 5.78 Å². The lowest BCUT2D eigenvalue weighted by Gasteiger charge is -2.17. The first-order chi connectivity index (χ1) is 8.62. The first-order valence-electron chi connectivity index (χ1n) is 6.15. The summed E-state index contributed by atoms with van der Waals surface area (Å²) in [5.74, 6) is -0.876. The standard InChI is InChI=1S/C14H20FNO2S/c1-9(2)16-19(18)10-6-7-12(15)11(8-10)13(17)14(3,4)5/h6-9,16H,1-5H3. The molecule has 1 N–H and O–H groups in total. The number of hydrogen-bond acceptors (Lipinski definition) is 2. The summed E-state index contributed by atoms with van der Waals surface area (Å²) in [6.07, 6.45) is 0. The predicted molar refractivity (Wildman–Crippen MR) is 74.9 cm³/mol. The molecule has 1 aromatic rings. The van der Waals surface area contributed by atoms with Crippen LogP contribution in [-0.2, 0) is 11.0 Å². The zero-order valence-corrected chi connectivity index (χ0v) is 12.7. The number of halogens is 1. The van der Waals surface area contributed by atoms with Gasteiger partial charge in [-0.2, -0.15) is 0 Å². The van der Waals surface area contributed by atoms with E-state index >= 15 is 0 Å². The van der Waals surface area contributed by atoms with Gasteiger partial charge in [-0.3, -0.25) is 4.79 Å². The summed E-state index contributed by atoms with van der Waals surface area (Å²) in [4.78, 5) is 12.5. The lowest BCUT2D eigenvalue weighted by Crippen LogP contribution is -2.26. The van der Waals surface area contributed by atoms with Crippen molar-refractivity contribution in [3.05, 3.63) is 29.6 Å². The average molecular weight is 285 g/mol. The van der Waals surface area contributed by atoms with Crippen LogP contribution in [0, 0.1) is 11.2 Å². The maximum Gasteiger partial charge on any atom is 0.171 e. The minimum Gasteiger partial charge on any atom is -0.293 e. The topological polar surface area (TPSA) is 46.2 Å². The third kappa shape index (κ3) is 4.21. The van der Waals surface area contributed by atoms with Gasteiger partial charge in [0.05, 0.1) is 10.5 Å². The summed E-state index contributed by atoms with van der Waals surface area (Å²) >= 11 is 0. The summed E-state index contributed by atoms with van der Waals surface area (Å²) in [6, 6.07) is 4.02. The first kappa shape index (κ1) is 16.0. The summed E-state index contributed by atoms with van der Waals surface area (Å²) in [5, 5.41) is 0. The van der Waals surface area contributed by atoms with Crippen molar-refractivity contribution >= 4 is 16.8 Å². The van der Waals surface area contributed by atoms with Crippen molar-refractivity contribution < 1.29 is 13.4 Å². The summed E-state index contributed by atoms with van der Waals surface area (Å²) in [7, 11) is -1.44. The van der Waals surface area contributed by atoms with Crippen LogP contribution in [0.2, 0.25) is 0 Å². The van der Waals surface area contributed by atoms with Gasteiger partial charge in [-0.25, -0.2) is 13.3 Å². The number of nitrogens with one attached hydrogen (secondary N) is 1. The molecule has 0 amide bonds. The fourth-order valence-electron chi connectivity index (χ4n) is 1.48. The molecule has 5 heteroatoms. The number of Topliss-reactive ketones (excluding diaryl/α,β-unsaturated/α-hetero) is 1. The molecule has 1 unspecified atom stereocenters. The Kier molecular flexibility index (Phi) is 4.98. The summed E-state index contributed by atoms with van der Waals surface area (Å²) in [5.41, 5.74) is -0.684. The van der Waals surface area contributed by atoms with Crippen LogP contribution in [0.5, 0.6) is 0 Å². The van der Waals surface area contributed by atoms with E-state index in [0.717, 1.165) is 0 Å². The van der Waals surface area contributed by atoms with Crippen molar-refractivity contribution in [3.63, 3.8) is 0 Å². The van der Waals surface area contributed by atoms with Crippen molar-refractivity contribution in [1.82, 2.24) is 4.72 Å². The Morgan fingerprint density at radius 1 is 1.32 bits per heavy atom. The van der Waals surface area contributed by atoms with E-state index in [1.807, 2.05) is 13.8 Å². The zero-order chi connectivity index (χ0) is 14.8. The van der Waals surface area contributed by atoms with Crippen LogP contribution in [-0.4, -0.2) is 16.0 Å². The Balaban J connectivity index is 3.15. The van der Waals surface area contributed by atoms with E-state index in [2.05, 4.69) is 4.72 Å². The van der Waals surface area contributed by atoms with Crippen molar-refractivity contribution in [2.45, 2.75) is 45.6 Å². The number of carbonyl (C=O) groups excluding carboxylic acids is 1. The van der Waals surface area contributed by atoms with Crippen molar-refractivity contribution in [3.8, 4) is 0 Å². The normalized spacial score (nSPS) is 13.6. The molecular formula is C14H20FNO2S. The minimum absolute atomic E-state index is 0.0103. The van der Waals surface area contributed by atoms with E-state index in [1.54, 1.807) is 20.8 Å². The highest BCUT2D eigenvalue weighted by molar-refractivity contribution is 7.83. The predicted octanol–water partition coefficient (Wildman–Crippen LogP) is 3.08. The molecule has 0 radical (unpaired) electrons. The van der Waals surface area contributed by atoms with Gasteiger partial charge in [0.2, 0.25) is 0 Å². The van der Waals surface area contributed by atoms with Gasteiger partial charge < -0.3 is 0 Å². The highest BCUT2D eigenvalue weighted by atomic mass is 32.2. The van der Waals surface area contributed by atoms with Crippen LogP contribution in [0.4, 0.5) is 4.39 Å². The van der Waals surface area contributed by atoms with Crippen LogP contribution >= 0.6 is 0 Å². The highest BCUT2D eigenvalue weighted by Gasteiger charge is 2.26. The van der Waals surface area contributed by atoms with Gasteiger partial charge in [0, 0.05) is 11.5 Å². The van der Waals surface area contributed by atoms with Gasteiger partial charge in [-0.05, 0) is 32.0 Å². The number of hydrogen-bond donors (Lipinski definition) is 1. The molecule has 0 fully saturated rings. The Labute approximate surface area is 116 Å². The minimum atomic E-state index is -1.44. The van der Waals surface area contributed by atoms with Crippen molar-refractivity contribution in [2.24, 2.45) is 5.41 Å². The first-order valence-corrected chi connectivity index (χ1v) is 7.30. The molecule has 0 aromatic heterocycles. The van der Waals surface area contributed by atoms with Crippen molar-refractivity contribution in [2.75, 3.05) is 0 Å². The Hall–Kier alpha value is -1.07. The van der Waals surface area contributed by atoms with Gasteiger partial charge in [0.25, 0.3) is 0 Å². The average Bonchev–Trinajstić information content (AvgIpc) is 2.26. The van der Waals surface area contributed by atoms with Crippen molar-refractivity contribution in [1.29, 1.82) is 0 Å². The Morgan fingerprint density at radius 2 is 1.89 bits per heavy atom. The molecule has 0 aliphatic rings. The third-order valence-corrected chi connectivity index (χ3v) is 3.79. The maximum atomic E-state index is 13.7. The quantitative estimate of drug-likeness (QED) is 0.864. The van der Waals surface area contributed by atoms with Gasteiger partial charge >= 0.3 is 0 Å². The van der Waals surface area contributed by atoms with E-state index in [1.165, 1.54) is 18.2 Å². The van der Waals surface area contributed by atoms with E-state index < -0.39 is 22.2 Å². The van der Waals surface area contributed by atoms with E-state index in [9.17, 15) is 13.4 Å². The smallest absolute Gasteiger partial charge is 0.171 e. The Morgan fingerprint density at radius 3 is 2.37 bits per heavy atom. The van der Waals surface area contributed by atoms with Gasteiger partial charge in [-0.15, -0.1) is 0 Å². The number of carbonyl (C=O) groups is 1. The zero-order valence-electron chi connectivity index (χ0n) is 11.9. The summed E-state index contributed by atoms with van der Waals surface area (Å²) in [6.45, 7) is 8.91. The molecule has 1 rings (SSSR count). The molecule has 106 valence electrons. The number of rotatable bonds is 4. The van der Waals surface area contributed by atoms with Crippen LogP contribution < -0.4 is 4.72 Å². The molecule has 0 aliphatic carbocycles. The molecule has 0 saturated carbocycles. The molecule has 19 heavy (non-hydrogen) atoms. The van der Waals surface area contributed by atoms with E-state index in [0.29, 0.717) is 4.90 Å². The third-order valence-electron chi connectivity index (χ3n) is 2.42. The van der Waals surface area contributed by atoms with Crippen LogP contribution in [0.1, 0.15) is 45.0 Å². The molecule has 0 heterocycles. The van der Waals surface area contributed by atoms with Crippen LogP contribution in [0.15, 0.2) is 23.1 Å². The molecule has 0 aliphatic heterocycles. The van der Waals surface area contributed by atoms with Crippen LogP contribution in [0.25, 0.3) is 0 Å². The monoisotopic (exact) mass is 285 g/mol. The van der Waals surface area contributed by atoms with Gasteiger partial charge in [-0.1, -0.05) is 20.8 Å². The fourth-order valence-corrected chi connectivity index (χ4v) is 2.46. The largest absolute Gasteiger partial charge is 0.293 e. The number of benzene rings is 1. The molecule has 1 aromatic carbocycles. The molecule has 3 nitrogen and oxygen atoms in total. The fraction of sp³-hybridized carbons (Fsp3) is 0.500. The summed E-state index contributed by atoms with van der Waals surface area (Å²) < 4.78 is 28.5. The van der Waals surface area contributed by atoms with Gasteiger partial charge in [0.1, 0.15) is 16.8 Å². The molecule has 0 saturated heterocycles. The molecule has 1 atom stereocenters. The van der Waals surface area contributed by atoms with Crippen LogP contribution in [0.3, 0.4) is 0 Å². The maximum absolute atomic E-state index is 13.7. The second kappa shape index (κ2) is 5.92. The van der Waals surface area contributed by atoms with E-state index in [-0.39, 0.29) is 17.4 Å². The molecular weight excluding hydrogens is 265 g/mol. The SMILES string of the molecule is CC(C)NS(=O)c1ccc(F)c(C(=O)C(C)(C)C)c1. The second-order valence-electron chi connectivity index (χ2n) is 5.76. The lowest BCUT2D eigenvalue weighted by molar-refractivity contribution is 0.0853. The number of ketones is 1. The second-order valence-corrected chi connectivity index (χ2v) is 7.01. The van der Waals surface area contributed by atoms with E-state index in [4.69, 9.17) is 0 Å². The Bertz CT molecular complexity index is 507. The molecule has 0 spiro atoms.